The fourth-order valence-electron chi connectivity index (χ4n) is 4.37. The third-order valence-electron chi connectivity index (χ3n) is 5.92. The Morgan fingerprint density at radius 1 is 1.06 bits per heavy atom. The Morgan fingerprint density at radius 2 is 1.77 bits per heavy atom. The molecule has 3 N–H and O–H groups in total. The van der Waals surface area contributed by atoms with E-state index >= 15 is 0 Å². The normalized spacial score (nSPS) is 15.0. The summed E-state index contributed by atoms with van der Waals surface area (Å²) in [6, 6.07) is 17.5. The van der Waals surface area contributed by atoms with Crippen LogP contribution in [0.4, 0.5) is 9.18 Å². The molecule has 0 spiro atoms. The number of amides is 2. The molecule has 7 nitrogen and oxygen atoms in total. The maximum atomic E-state index is 13.3. The molecule has 4 aromatic rings. The molecule has 0 saturated heterocycles. The summed E-state index contributed by atoms with van der Waals surface area (Å²) < 4.78 is 24.2. The molecule has 0 fully saturated rings. The van der Waals surface area contributed by atoms with E-state index in [1.54, 1.807) is 17.0 Å². The fraction of sp³-hybridized carbons (Fsp3) is 0.154. The monoisotopic (exact) mass is 493 g/mol. The van der Waals surface area contributed by atoms with Gasteiger partial charge in [0.2, 0.25) is 0 Å². The van der Waals surface area contributed by atoms with Crippen molar-refractivity contribution in [3.63, 3.8) is 0 Å². The number of aromatic amines is 1. The first kappa shape index (κ1) is 22.7. The Bertz CT molecular complexity index is 1400. The van der Waals surface area contributed by atoms with Crippen LogP contribution in [0.1, 0.15) is 22.9 Å². The van der Waals surface area contributed by atoms with Crippen molar-refractivity contribution in [2.45, 2.75) is 12.5 Å². The molecule has 9 heteroatoms. The van der Waals surface area contributed by atoms with Gasteiger partial charge in [0.15, 0.2) is 6.61 Å². The van der Waals surface area contributed by atoms with Crippen LogP contribution >= 0.6 is 11.6 Å². The highest BCUT2D eigenvalue weighted by Gasteiger charge is 2.35. The van der Waals surface area contributed by atoms with E-state index in [0.29, 0.717) is 23.7 Å². The summed E-state index contributed by atoms with van der Waals surface area (Å²) >= 11 is 6.25. The lowest BCUT2D eigenvalue weighted by molar-refractivity contribution is -0.119. The maximum absolute atomic E-state index is 13.3. The third-order valence-corrected chi connectivity index (χ3v) is 6.15. The lowest BCUT2D eigenvalue weighted by Gasteiger charge is -2.35. The van der Waals surface area contributed by atoms with Crippen molar-refractivity contribution in [2.24, 2.45) is 5.73 Å². The summed E-state index contributed by atoms with van der Waals surface area (Å²) in [7, 11) is 0. The third kappa shape index (κ3) is 4.65. The van der Waals surface area contributed by atoms with Crippen LogP contribution in [0.3, 0.4) is 0 Å². The smallest absolute Gasteiger partial charge is 0.416 e. The van der Waals surface area contributed by atoms with Crippen molar-refractivity contribution in [1.82, 2.24) is 9.88 Å². The number of hydrogen-bond donors (Lipinski definition) is 2. The van der Waals surface area contributed by atoms with Crippen LogP contribution in [0.2, 0.25) is 5.02 Å². The molecule has 0 saturated carbocycles. The zero-order valence-corrected chi connectivity index (χ0v) is 19.2. The molecule has 0 aliphatic carbocycles. The number of fused-ring (bicyclic) bond motifs is 3. The minimum atomic E-state index is -0.572. The molecule has 1 aliphatic rings. The van der Waals surface area contributed by atoms with Crippen LogP contribution in [0.15, 0.2) is 66.7 Å². The van der Waals surface area contributed by atoms with E-state index in [1.165, 1.54) is 24.3 Å². The highest BCUT2D eigenvalue weighted by atomic mass is 35.5. The van der Waals surface area contributed by atoms with Crippen LogP contribution in [0.25, 0.3) is 10.9 Å². The molecule has 178 valence electrons. The van der Waals surface area contributed by atoms with Gasteiger partial charge in [-0.15, -0.1) is 0 Å². The second kappa shape index (κ2) is 9.31. The molecule has 3 aromatic carbocycles. The molecular formula is C26H21ClFN3O4. The molecule has 35 heavy (non-hydrogen) atoms. The van der Waals surface area contributed by atoms with Gasteiger partial charge < -0.3 is 20.2 Å². The Hall–Kier alpha value is -4.04. The van der Waals surface area contributed by atoms with E-state index in [-0.39, 0.29) is 12.4 Å². The highest BCUT2D eigenvalue weighted by molar-refractivity contribution is 6.31. The SMILES string of the molecule is NC(=O)COc1ccc(C2c3[nH]c4ccc(Cl)cc4c3CCN2C(=O)Oc2ccc(F)cc2)cc1. The Morgan fingerprint density at radius 3 is 2.49 bits per heavy atom. The van der Waals surface area contributed by atoms with Crippen molar-refractivity contribution in [3.05, 3.63) is 94.4 Å². The van der Waals surface area contributed by atoms with Gasteiger partial charge in [-0.2, -0.15) is 0 Å². The van der Waals surface area contributed by atoms with Crippen molar-refractivity contribution < 1.29 is 23.5 Å². The van der Waals surface area contributed by atoms with E-state index in [9.17, 15) is 14.0 Å². The van der Waals surface area contributed by atoms with Gasteiger partial charge in [0.25, 0.3) is 5.91 Å². The molecule has 1 unspecified atom stereocenters. The van der Waals surface area contributed by atoms with Crippen LogP contribution in [-0.2, 0) is 11.2 Å². The number of H-pyrrole nitrogens is 1. The summed E-state index contributed by atoms with van der Waals surface area (Å²) in [5, 5.41) is 1.63. The number of halogens is 2. The minimum Gasteiger partial charge on any atom is -0.484 e. The summed E-state index contributed by atoms with van der Waals surface area (Å²) in [6.07, 6.45) is 0.0443. The maximum Gasteiger partial charge on any atom is 0.416 e. The number of nitrogens with zero attached hydrogens (tertiary/aromatic N) is 1. The predicted octanol–water partition coefficient (Wildman–Crippen LogP) is 4.97. The van der Waals surface area contributed by atoms with Gasteiger partial charge in [-0.1, -0.05) is 23.7 Å². The predicted molar refractivity (Wildman–Crippen MR) is 129 cm³/mol. The largest absolute Gasteiger partial charge is 0.484 e. The molecule has 1 aromatic heterocycles. The van der Waals surface area contributed by atoms with Gasteiger partial charge >= 0.3 is 6.09 Å². The topological polar surface area (TPSA) is 97.7 Å². The Kier molecular flexibility index (Phi) is 6.05. The first-order valence-electron chi connectivity index (χ1n) is 10.9. The van der Waals surface area contributed by atoms with Crippen molar-refractivity contribution in [2.75, 3.05) is 13.2 Å². The number of nitrogens with one attached hydrogen (secondary N) is 1. The molecule has 2 amide bonds. The minimum absolute atomic E-state index is 0.230. The molecule has 5 rings (SSSR count). The second-order valence-electron chi connectivity index (χ2n) is 8.20. The number of carbonyl (C=O) groups excluding carboxylic acids is 2. The summed E-state index contributed by atoms with van der Waals surface area (Å²) in [5.74, 6) is -0.259. The summed E-state index contributed by atoms with van der Waals surface area (Å²) in [5.41, 5.74) is 8.81. The van der Waals surface area contributed by atoms with Gasteiger partial charge in [0.05, 0.1) is 0 Å². The van der Waals surface area contributed by atoms with Gasteiger partial charge in [0.1, 0.15) is 23.4 Å². The van der Waals surface area contributed by atoms with Crippen molar-refractivity contribution in [1.29, 1.82) is 0 Å². The van der Waals surface area contributed by atoms with Gasteiger partial charge in [0, 0.05) is 28.2 Å². The van der Waals surface area contributed by atoms with E-state index in [2.05, 4.69) is 4.98 Å². The first-order chi connectivity index (χ1) is 16.9. The van der Waals surface area contributed by atoms with Crippen molar-refractivity contribution >= 4 is 34.5 Å². The Balaban J connectivity index is 1.52. The molecule has 1 aliphatic heterocycles. The van der Waals surface area contributed by atoms with E-state index in [4.69, 9.17) is 26.8 Å². The van der Waals surface area contributed by atoms with Gasteiger partial charge in [-0.05, 0) is 72.1 Å². The number of rotatable bonds is 5. The van der Waals surface area contributed by atoms with Crippen molar-refractivity contribution in [3.8, 4) is 11.5 Å². The quantitative estimate of drug-likeness (QED) is 0.410. The summed E-state index contributed by atoms with van der Waals surface area (Å²) in [6.45, 7) is 0.170. The molecule has 1 atom stereocenters. The number of primary amides is 1. The highest BCUT2D eigenvalue weighted by Crippen LogP contribution is 2.40. The lowest BCUT2D eigenvalue weighted by atomic mass is 9.92. The number of ether oxygens (including phenoxy) is 2. The lowest BCUT2D eigenvalue weighted by Crippen LogP contribution is -2.42. The number of benzene rings is 3. The number of hydrogen-bond acceptors (Lipinski definition) is 4. The standard InChI is InChI=1S/C26H21ClFN3O4/c27-16-3-10-22-21(13-16)20-11-12-31(26(33)35-19-8-4-17(28)5-9-19)25(24(20)30-22)15-1-6-18(7-2-15)34-14-23(29)32/h1-10,13,25,30H,11-12,14H2,(H2,29,32). The number of carbonyl (C=O) groups is 2. The van der Waals surface area contributed by atoms with E-state index in [1.807, 2.05) is 30.3 Å². The van der Waals surface area contributed by atoms with Crippen LogP contribution in [-0.4, -0.2) is 35.0 Å². The fourth-order valence-corrected chi connectivity index (χ4v) is 4.54. The van der Waals surface area contributed by atoms with E-state index < -0.39 is 23.9 Å². The number of aromatic nitrogens is 1. The Labute approximate surface area is 205 Å². The molecule has 2 heterocycles. The average molecular weight is 494 g/mol. The number of nitrogens with two attached hydrogens (primary N) is 1. The zero-order chi connectivity index (χ0) is 24.5. The molecule has 0 radical (unpaired) electrons. The molecule has 0 bridgehead atoms. The average Bonchev–Trinajstić information content (AvgIpc) is 3.21. The van der Waals surface area contributed by atoms with Gasteiger partial charge in [-0.25, -0.2) is 9.18 Å². The van der Waals surface area contributed by atoms with Crippen LogP contribution < -0.4 is 15.2 Å². The van der Waals surface area contributed by atoms with Gasteiger partial charge in [-0.3, -0.25) is 9.69 Å². The zero-order valence-electron chi connectivity index (χ0n) is 18.5. The summed E-state index contributed by atoms with van der Waals surface area (Å²) in [4.78, 5) is 29.4. The van der Waals surface area contributed by atoms with Crippen LogP contribution in [0.5, 0.6) is 11.5 Å². The molecular weight excluding hydrogens is 473 g/mol. The first-order valence-corrected chi connectivity index (χ1v) is 11.3. The second-order valence-corrected chi connectivity index (χ2v) is 8.64. The van der Waals surface area contributed by atoms with Crippen LogP contribution in [0, 0.1) is 5.82 Å². The van der Waals surface area contributed by atoms with E-state index in [0.717, 1.165) is 27.7 Å².